The van der Waals surface area contributed by atoms with Crippen molar-refractivity contribution in [2.24, 2.45) is 5.73 Å². The van der Waals surface area contributed by atoms with Gasteiger partial charge in [0.25, 0.3) is 0 Å². The number of rotatable bonds is 10. The van der Waals surface area contributed by atoms with Gasteiger partial charge in [-0.3, -0.25) is 4.90 Å². The molecule has 0 aromatic rings. The first-order valence-electron chi connectivity index (χ1n) is 6.74. The predicted octanol–water partition coefficient (Wildman–Crippen LogP) is 1.78. The molecule has 3 nitrogen and oxygen atoms in total. The Morgan fingerprint density at radius 3 is 2.12 bits per heavy atom. The van der Waals surface area contributed by atoms with Crippen LogP contribution in [0.2, 0.25) is 0 Å². The topological polar surface area (TPSA) is 32.5 Å². The van der Waals surface area contributed by atoms with Crippen LogP contribution in [-0.2, 0) is 0 Å². The summed E-state index contributed by atoms with van der Waals surface area (Å²) in [7, 11) is 4.27. The van der Waals surface area contributed by atoms with E-state index in [1.54, 1.807) is 0 Å². The molecule has 16 heavy (non-hydrogen) atoms. The van der Waals surface area contributed by atoms with Gasteiger partial charge >= 0.3 is 0 Å². The summed E-state index contributed by atoms with van der Waals surface area (Å²) in [5.74, 6) is 0. The Morgan fingerprint density at radius 2 is 1.69 bits per heavy atom. The number of hydrogen-bond donors (Lipinski definition) is 1. The molecule has 0 aliphatic heterocycles. The molecule has 3 heteroatoms. The second-order valence-electron chi connectivity index (χ2n) is 4.87. The highest BCUT2D eigenvalue weighted by Crippen LogP contribution is 2.08. The summed E-state index contributed by atoms with van der Waals surface area (Å²) in [4.78, 5) is 4.81. The molecule has 0 aliphatic carbocycles. The fourth-order valence-electron chi connectivity index (χ4n) is 1.98. The predicted molar refractivity (Wildman–Crippen MR) is 72.8 cm³/mol. The van der Waals surface area contributed by atoms with E-state index in [-0.39, 0.29) is 0 Å². The van der Waals surface area contributed by atoms with Crippen molar-refractivity contribution < 1.29 is 0 Å². The Kier molecular flexibility index (Phi) is 9.99. The summed E-state index contributed by atoms with van der Waals surface area (Å²) in [5, 5.41) is 0. The van der Waals surface area contributed by atoms with E-state index in [0.717, 1.165) is 19.6 Å². The van der Waals surface area contributed by atoms with Crippen LogP contribution in [0.5, 0.6) is 0 Å². The van der Waals surface area contributed by atoms with Crippen molar-refractivity contribution in [2.45, 2.75) is 45.6 Å². The van der Waals surface area contributed by atoms with E-state index < -0.39 is 0 Å². The highest BCUT2D eigenvalue weighted by molar-refractivity contribution is 4.73. The van der Waals surface area contributed by atoms with Crippen molar-refractivity contribution in [2.75, 3.05) is 40.3 Å². The molecule has 0 saturated carbocycles. The molecule has 98 valence electrons. The Morgan fingerprint density at radius 1 is 1.00 bits per heavy atom. The van der Waals surface area contributed by atoms with Gasteiger partial charge < -0.3 is 10.6 Å². The molecule has 0 heterocycles. The van der Waals surface area contributed by atoms with Gasteiger partial charge in [0.1, 0.15) is 0 Å². The van der Waals surface area contributed by atoms with Crippen LogP contribution in [0.4, 0.5) is 0 Å². The quantitative estimate of drug-likeness (QED) is 0.620. The lowest BCUT2D eigenvalue weighted by Gasteiger charge is -2.31. The lowest BCUT2D eigenvalue weighted by Crippen LogP contribution is -2.44. The molecule has 0 aromatic heterocycles. The molecule has 0 saturated heterocycles. The van der Waals surface area contributed by atoms with Crippen molar-refractivity contribution in [1.29, 1.82) is 0 Å². The van der Waals surface area contributed by atoms with Gasteiger partial charge in [-0.2, -0.15) is 0 Å². The lowest BCUT2D eigenvalue weighted by atomic mass is 10.1. The molecule has 2 N–H and O–H groups in total. The van der Waals surface area contributed by atoms with Crippen molar-refractivity contribution in [3.05, 3.63) is 0 Å². The average Bonchev–Trinajstić information content (AvgIpc) is 2.26. The second kappa shape index (κ2) is 10.1. The molecule has 0 bridgehead atoms. The van der Waals surface area contributed by atoms with Crippen LogP contribution in [0.3, 0.4) is 0 Å². The standard InChI is InChI=1S/C13H31N3/c1-5-7-8-13(12-14)16(9-6-2)11-10-15(3)4/h13H,5-12,14H2,1-4H3. The first kappa shape index (κ1) is 15.9. The smallest absolute Gasteiger partial charge is 0.0218 e. The molecule has 0 radical (unpaired) electrons. The SMILES string of the molecule is CCCCC(CN)N(CCC)CCN(C)C. The number of unbranched alkanes of at least 4 members (excludes halogenated alkanes) is 1. The molecule has 0 amide bonds. The van der Waals surface area contributed by atoms with E-state index in [2.05, 4.69) is 37.7 Å². The van der Waals surface area contributed by atoms with Gasteiger partial charge in [-0.05, 0) is 33.5 Å². The van der Waals surface area contributed by atoms with Gasteiger partial charge in [-0.25, -0.2) is 0 Å². The maximum absolute atomic E-state index is 5.90. The van der Waals surface area contributed by atoms with E-state index in [4.69, 9.17) is 5.73 Å². The van der Waals surface area contributed by atoms with Gasteiger partial charge in [-0.15, -0.1) is 0 Å². The Bertz CT molecular complexity index is 148. The zero-order valence-corrected chi connectivity index (χ0v) is 11.7. The molecular weight excluding hydrogens is 198 g/mol. The summed E-state index contributed by atoms with van der Waals surface area (Å²) in [6.07, 6.45) is 5.03. The molecule has 0 aromatic carbocycles. The summed E-state index contributed by atoms with van der Waals surface area (Å²) >= 11 is 0. The third kappa shape index (κ3) is 7.20. The van der Waals surface area contributed by atoms with Gasteiger partial charge in [0, 0.05) is 25.7 Å². The van der Waals surface area contributed by atoms with E-state index in [9.17, 15) is 0 Å². The minimum absolute atomic E-state index is 0.583. The molecule has 0 spiro atoms. The van der Waals surface area contributed by atoms with Crippen LogP contribution >= 0.6 is 0 Å². The van der Waals surface area contributed by atoms with Gasteiger partial charge in [-0.1, -0.05) is 26.7 Å². The maximum Gasteiger partial charge on any atom is 0.0218 e. The third-order valence-electron chi connectivity index (χ3n) is 3.02. The summed E-state index contributed by atoms with van der Waals surface area (Å²) in [6.45, 7) is 8.75. The normalized spacial score (nSPS) is 13.7. The minimum atomic E-state index is 0.583. The van der Waals surface area contributed by atoms with E-state index >= 15 is 0 Å². The van der Waals surface area contributed by atoms with Crippen molar-refractivity contribution >= 4 is 0 Å². The zero-order valence-electron chi connectivity index (χ0n) is 11.7. The Balaban J connectivity index is 4.10. The fraction of sp³-hybridized carbons (Fsp3) is 1.00. The van der Waals surface area contributed by atoms with Crippen LogP contribution < -0.4 is 5.73 Å². The van der Waals surface area contributed by atoms with Crippen LogP contribution in [0.25, 0.3) is 0 Å². The Hall–Kier alpha value is -0.120. The van der Waals surface area contributed by atoms with E-state index in [0.29, 0.717) is 6.04 Å². The van der Waals surface area contributed by atoms with Crippen LogP contribution in [-0.4, -0.2) is 56.1 Å². The summed E-state index contributed by atoms with van der Waals surface area (Å²) in [5.41, 5.74) is 5.90. The summed E-state index contributed by atoms with van der Waals surface area (Å²) in [6, 6.07) is 0.583. The Labute approximate surface area is 102 Å². The van der Waals surface area contributed by atoms with E-state index in [1.807, 2.05) is 0 Å². The number of hydrogen-bond acceptors (Lipinski definition) is 3. The van der Waals surface area contributed by atoms with Crippen molar-refractivity contribution in [1.82, 2.24) is 9.80 Å². The zero-order chi connectivity index (χ0) is 12.4. The lowest BCUT2D eigenvalue weighted by molar-refractivity contribution is 0.171. The van der Waals surface area contributed by atoms with Crippen LogP contribution in [0.1, 0.15) is 39.5 Å². The largest absolute Gasteiger partial charge is 0.329 e. The second-order valence-corrected chi connectivity index (χ2v) is 4.87. The van der Waals surface area contributed by atoms with Gasteiger partial charge in [0.15, 0.2) is 0 Å². The highest BCUT2D eigenvalue weighted by atomic mass is 15.2. The molecule has 1 atom stereocenters. The molecular formula is C13H31N3. The van der Waals surface area contributed by atoms with Gasteiger partial charge in [0.05, 0.1) is 0 Å². The van der Waals surface area contributed by atoms with E-state index in [1.165, 1.54) is 32.2 Å². The first-order valence-corrected chi connectivity index (χ1v) is 6.74. The van der Waals surface area contributed by atoms with Crippen LogP contribution in [0.15, 0.2) is 0 Å². The molecule has 0 aliphatic rings. The highest BCUT2D eigenvalue weighted by Gasteiger charge is 2.15. The number of nitrogens with zero attached hydrogens (tertiary/aromatic N) is 2. The van der Waals surface area contributed by atoms with Crippen LogP contribution in [0, 0.1) is 0 Å². The van der Waals surface area contributed by atoms with Gasteiger partial charge in [0.2, 0.25) is 0 Å². The molecule has 0 rings (SSSR count). The molecule has 1 unspecified atom stereocenters. The third-order valence-corrected chi connectivity index (χ3v) is 3.02. The van der Waals surface area contributed by atoms with Crippen molar-refractivity contribution in [3.63, 3.8) is 0 Å². The fourth-order valence-corrected chi connectivity index (χ4v) is 1.98. The number of likely N-dealkylation sites (N-methyl/N-ethyl adjacent to an activating group) is 1. The molecule has 0 fully saturated rings. The summed E-state index contributed by atoms with van der Waals surface area (Å²) < 4.78 is 0. The first-order chi connectivity index (χ1) is 7.65. The van der Waals surface area contributed by atoms with Crippen molar-refractivity contribution in [3.8, 4) is 0 Å². The number of nitrogens with two attached hydrogens (primary N) is 1. The minimum Gasteiger partial charge on any atom is -0.329 e. The average molecular weight is 229 g/mol. The maximum atomic E-state index is 5.90. The monoisotopic (exact) mass is 229 g/mol.